The monoisotopic (exact) mass is 253 g/mol. The van der Waals surface area contributed by atoms with E-state index >= 15 is 0 Å². The molecule has 0 aromatic heterocycles. The average Bonchev–Trinajstić information content (AvgIpc) is 2.32. The van der Waals surface area contributed by atoms with Gasteiger partial charge < -0.3 is 10.5 Å². The summed E-state index contributed by atoms with van der Waals surface area (Å²) in [5.41, 5.74) is 8.22. The predicted molar refractivity (Wildman–Crippen MR) is 69.5 cm³/mol. The molecule has 94 valence electrons. The van der Waals surface area contributed by atoms with E-state index in [2.05, 4.69) is 0 Å². The van der Waals surface area contributed by atoms with E-state index in [0.29, 0.717) is 13.2 Å². The van der Waals surface area contributed by atoms with Crippen LogP contribution in [0.25, 0.3) is 0 Å². The van der Waals surface area contributed by atoms with E-state index in [1.54, 1.807) is 0 Å². The van der Waals surface area contributed by atoms with Crippen LogP contribution in [0.2, 0.25) is 0 Å². The first-order valence-corrected chi connectivity index (χ1v) is 7.12. The van der Waals surface area contributed by atoms with Gasteiger partial charge in [-0.25, -0.2) is 0 Å². The Morgan fingerprint density at radius 3 is 2.88 bits per heavy atom. The molecule has 3 unspecified atom stereocenters. The lowest BCUT2D eigenvalue weighted by molar-refractivity contribution is 0.0904. The summed E-state index contributed by atoms with van der Waals surface area (Å²) in [6.45, 7) is 5.18. The van der Waals surface area contributed by atoms with E-state index < -0.39 is 10.8 Å². The largest absolute Gasteiger partial charge is 0.380 e. The van der Waals surface area contributed by atoms with E-state index in [4.69, 9.17) is 10.5 Å². The molecule has 0 saturated carbocycles. The van der Waals surface area contributed by atoms with E-state index in [0.717, 1.165) is 22.4 Å². The highest BCUT2D eigenvalue weighted by Crippen LogP contribution is 2.22. The molecule has 1 aliphatic heterocycles. The number of benzene rings is 1. The summed E-state index contributed by atoms with van der Waals surface area (Å²) in [4.78, 5) is 0.899. The Morgan fingerprint density at radius 2 is 2.18 bits per heavy atom. The minimum Gasteiger partial charge on any atom is -0.380 e. The van der Waals surface area contributed by atoms with E-state index in [-0.39, 0.29) is 11.3 Å². The Morgan fingerprint density at radius 1 is 1.41 bits per heavy atom. The van der Waals surface area contributed by atoms with Gasteiger partial charge in [-0.15, -0.1) is 0 Å². The molecule has 0 bridgehead atoms. The molecule has 1 aromatic rings. The minimum atomic E-state index is -1.07. The van der Waals surface area contributed by atoms with Crippen LogP contribution in [0.5, 0.6) is 0 Å². The van der Waals surface area contributed by atoms with Gasteiger partial charge in [-0.1, -0.05) is 12.1 Å². The maximum Gasteiger partial charge on any atom is 0.0779 e. The summed E-state index contributed by atoms with van der Waals surface area (Å²) in [6.07, 6.45) is 0.793. The Balaban J connectivity index is 2.26. The second-order valence-electron chi connectivity index (χ2n) is 4.63. The fourth-order valence-electron chi connectivity index (χ4n) is 2.04. The summed E-state index contributed by atoms with van der Waals surface area (Å²) < 4.78 is 17.9. The standard InChI is InChI=1S/C13H19NO2S/c1-9-3-4-10(2)12(7-9)17(15)13-8-16-6-5-11(13)14/h3-4,7,11,13H,5-6,8,14H2,1-2H3. The molecule has 2 N–H and O–H groups in total. The molecular formula is C13H19NO2S. The highest BCUT2D eigenvalue weighted by atomic mass is 32.2. The molecule has 1 aromatic carbocycles. The summed E-state index contributed by atoms with van der Waals surface area (Å²) in [6, 6.07) is 6.02. The van der Waals surface area contributed by atoms with Gasteiger partial charge in [0.1, 0.15) is 0 Å². The van der Waals surface area contributed by atoms with Gasteiger partial charge in [-0.05, 0) is 37.5 Å². The van der Waals surface area contributed by atoms with Gasteiger partial charge in [0.05, 0.1) is 22.7 Å². The van der Waals surface area contributed by atoms with Crippen LogP contribution in [0.15, 0.2) is 23.1 Å². The summed E-state index contributed by atoms with van der Waals surface area (Å²) in [5, 5.41) is -0.0794. The van der Waals surface area contributed by atoms with Crippen molar-refractivity contribution in [1.29, 1.82) is 0 Å². The lowest BCUT2D eigenvalue weighted by atomic mass is 10.1. The number of aryl methyl sites for hydroxylation is 2. The zero-order valence-electron chi connectivity index (χ0n) is 10.3. The number of ether oxygens (including phenoxy) is 1. The zero-order chi connectivity index (χ0) is 12.4. The molecule has 0 aliphatic carbocycles. The van der Waals surface area contributed by atoms with Gasteiger partial charge in [0, 0.05) is 17.5 Å². The first-order chi connectivity index (χ1) is 8.09. The molecule has 1 heterocycles. The van der Waals surface area contributed by atoms with Crippen LogP contribution < -0.4 is 5.73 Å². The van der Waals surface area contributed by atoms with Crippen molar-refractivity contribution >= 4 is 10.8 Å². The lowest BCUT2D eigenvalue weighted by Gasteiger charge is -2.28. The second kappa shape index (κ2) is 5.29. The molecule has 1 aliphatic rings. The fraction of sp³-hybridized carbons (Fsp3) is 0.538. The van der Waals surface area contributed by atoms with Gasteiger partial charge in [-0.2, -0.15) is 0 Å². The van der Waals surface area contributed by atoms with Gasteiger partial charge in [-0.3, -0.25) is 4.21 Å². The summed E-state index contributed by atoms with van der Waals surface area (Å²) in [7, 11) is -1.07. The van der Waals surface area contributed by atoms with Crippen molar-refractivity contribution in [2.75, 3.05) is 13.2 Å². The second-order valence-corrected chi connectivity index (χ2v) is 6.27. The van der Waals surface area contributed by atoms with Gasteiger partial charge >= 0.3 is 0 Å². The molecule has 3 atom stereocenters. The van der Waals surface area contributed by atoms with Crippen LogP contribution in [0.1, 0.15) is 17.5 Å². The number of hydrogen-bond acceptors (Lipinski definition) is 3. The number of hydrogen-bond donors (Lipinski definition) is 1. The van der Waals surface area contributed by atoms with Gasteiger partial charge in [0.15, 0.2) is 0 Å². The summed E-state index contributed by atoms with van der Waals surface area (Å²) >= 11 is 0. The normalized spacial score (nSPS) is 26.8. The van der Waals surface area contributed by atoms with Crippen molar-refractivity contribution in [3.8, 4) is 0 Å². The maximum absolute atomic E-state index is 12.5. The topological polar surface area (TPSA) is 52.3 Å². The number of nitrogens with two attached hydrogens (primary N) is 1. The third-order valence-corrected chi connectivity index (χ3v) is 5.10. The Bertz CT molecular complexity index is 433. The molecular weight excluding hydrogens is 234 g/mol. The number of rotatable bonds is 2. The quantitative estimate of drug-likeness (QED) is 0.869. The lowest BCUT2D eigenvalue weighted by Crippen LogP contribution is -2.45. The molecule has 17 heavy (non-hydrogen) atoms. The maximum atomic E-state index is 12.5. The van der Waals surface area contributed by atoms with Crippen molar-refractivity contribution in [2.24, 2.45) is 5.73 Å². The summed E-state index contributed by atoms with van der Waals surface area (Å²) in [5.74, 6) is 0. The molecule has 0 amide bonds. The molecule has 1 fully saturated rings. The van der Waals surface area contributed by atoms with E-state index in [1.807, 2.05) is 32.0 Å². The molecule has 3 nitrogen and oxygen atoms in total. The van der Waals surface area contributed by atoms with Crippen molar-refractivity contribution in [3.05, 3.63) is 29.3 Å². The van der Waals surface area contributed by atoms with Crippen LogP contribution in [0.4, 0.5) is 0 Å². The fourth-order valence-corrected chi connectivity index (χ4v) is 3.72. The van der Waals surface area contributed by atoms with Crippen molar-refractivity contribution in [3.63, 3.8) is 0 Å². The van der Waals surface area contributed by atoms with Crippen LogP contribution in [-0.2, 0) is 15.5 Å². The predicted octanol–water partition coefficient (Wildman–Crippen LogP) is 1.53. The molecule has 4 heteroatoms. The Labute approximate surface area is 105 Å². The first-order valence-electron chi connectivity index (χ1n) is 5.91. The van der Waals surface area contributed by atoms with E-state index in [1.165, 1.54) is 0 Å². The zero-order valence-corrected chi connectivity index (χ0v) is 11.1. The molecule has 0 radical (unpaired) electrons. The van der Waals surface area contributed by atoms with Gasteiger partial charge in [0.2, 0.25) is 0 Å². The molecule has 0 spiro atoms. The van der Waals surface area contributed by atoms with E-state index in [9.17, 15) is 4.21 Å². The van der Waals surface area contributed by atoms with Crippen molar-refractivity contribution in [2.45, 2.75) is 36.5 Å². The highest BCUT2D eigenvalue weighted by Gasteiger charge is 2.29. The van der Waals surface area contributed by atoms with Crippen LogP contribution in [-0.4, -0.2) is 28.7 Å². The molecule has 2 rings (SSSR count). The van der Waals surface area contributed by atoms with Crippen LogP contribution >= 0.6 is 0 Å². The Hall–Kier alpha value is -0.710. The van der Waals surface area contributed by atoms with Crippen molar-refractivity contribution < 1.29 is 8.95 Å². The Kier molecular flexibility index (Phi) is 3.97. The average molecular weight is 253 g/mol. The van der Waals surface area contributed by atoms with Crippen LogP contribution in [0.3, 0.4) is 0 Å². The third kappa shape index (κ3) is 2.76. The SMILES string of the molecule is Cc1ccc(C)c(S(=O)C2COCCC2N)c1. The van der Waals surface area contributed by atoms with Gasteiger partial charge in [0.25, 0.3) is 0 Å². The first kappa shape index (κ1) is 12.7. The molecule has 1 saturated heterocycles. The minimum absolute atomic E-state index is 0.0236. The van der Waals surface area contributed by atoms with Crippen molar-refractivity contribution in [1.82, 2.24) is 0 Å². The smallest absolute Gasteiger partial charge is 0.0779 e. The third-order valence-electron chi connectivity index (χ3n) is 3.19. The highest BCUT2D eigenvalue weighted by molar-refractivity contribution is 7.85. The van der Waals surface area contributed by atoms with Crippen LogP contribution in [0, 0.1) is 13.8 Å².